The van der Waals surface area contributed by atoms with E-state index >= 15 is 0 Å². The summed E-state index contributed by atoms with van der Waals surface area (Å²) in [4.78, 5) is 11.2. The van der Waals surface area contributed by atoms with Gasteiger partial charge in [0.2, 0.25) is 5.91 Å². The molecule has 0 aliphatic heterocycles. The van der Waals surface area contributed by atoms with E-state index in [4.69, 9.17) is 5.73 Å². The van der Waals surface area contributed by atoms with Crippen LogP contribution in [0.1, 0.15) is 41.8 Å². The number of carbonyl (C=O) groups excluding carboxylic acids is 1. The van der Waals surface area contributed by atoms with E-state index in [1.54, 1.807) is 18.2 Å². The Kier molecular flexibility index (Phi) is 5.99. The van der Waals surface area contributed by atoms with Crippen LogP contribution < -0.4 is 11.1 Å². The molecule has 0 heterocycles. The molecule has 0 unspecified atom stereocenters. The molecule has 0 aliphatic rings. The fraction of sp³-hybridized carbons (Fsp3) is 0.350. The lowest BCUT2D eigenvalue weighted by atomic mass is 9.97. The van der Waals surface area contributed by atoms with Gasteiger partial charge in [0.15, 0.2) is 0 Å². The van der Waals surface area contributed by atoms with E-state index in [0.29, 0.717) is 18.0 Å². The van der Waals surface area contributed by atoms with Gasteiger partial charge >= 0.3 is 0 Å². The molecule has 0 atom stereocenters. The largest absolute Gasteiger partial charge is 0.508 e. The average Bonchev–Trinajstić information content (AvgIpc) is 2.52. The minimum Gasteiger partial charge on any atom is -0.508 e. The number of aromatic hydroxyl groups is 1. The molecule has 24 heavy (non-hydrogen) atoms. The van der Waals surface area contributed by atoms with E-state index in [1.807, 2.05) is 25.1 Å². The maximum atomic E-state index is 11.2. The van der Waals surface area contributed by atoms with Gasteiger partial charge in [-0.3, -0.25) is 4.79 Å². The normalized spacial score (nSPS) is 11.0. The highest BCUT2D eigenvalue weighted by Crippen LogP contribution is 2.29. The maximum absolute atomic E-state index is 11.2. The standard InChI is InChI=1S/C20H26N2O2/c1-13(2)8-9-22-12-17-5-4-15(11-19(17)23)18-7-6-16(20(21)24)10-14(18)3/h4-7,10-11,13,22-23H,8-9,12H2,1-3H3,(H2,21,24). The molecule has 0 aliphatic carbocycles. The van der Waals surface area contributed by atoms with Crippen molar-refractivity contribution in [1.82, 2.24) is 5.32 Å². The summed E-state index contributed by atoms with van der Waals surface area (Å²) in [5, 5.41) is 13.6. The summed E-state index contributed by atoms with van der Waals surface area (Å²) in [5.41, 5.74) is 9.54. The second kappa shape index (κ2) is 7.97. The molecular weight excluding hydrogens is 300 g/mol. The van der Waals surface area contributed by atoms with Crippen LogP contribution in [-0.4, -0.2) is 17.6 Å². The van der Waals surface area contributed by atoms with Crippen LogP contribution in [0.4, 0.5) is 0 Å². The summed E-state index contributed by atoms with van der Waals surface area (Å²) in [6.07, 6.45) is 1.12. The van der Waals surface area contributed by atoms with Crippen molar-refractivity contribution < 1.29 is 9.90 Å². The lowest BCUT2D eigenvalue weighted by Crippen LogP contribution is -2.16. The van der Waals surface area contributed by atoms with E-state index in [1.165, 1.54) is 0 Å². The Balaban J connectivity index is 2.13. The Bertz CT molecular complexity index is 724. The van der Waals surface area contributed by atoms with Gasteiger partial charge in [0.25, 0.3) is 0 Å². The molecule has 4 nitrogen and oxygen atoms in total. The van der Waals surface area contributed by atoms with Crippen molar-refractivity contribution in [3.05, 3.63) is 53.1 Å². The molecule has 0 saturated heterocycles. The Labute approximate surface area is 143 Å². The third-order valence-electron chi connectivity index (χ3n) is 4.12. The lowest BCUT2D eigenvalue weighted by molar-refractivity contribution is 0.1000. The maximum Gasteiger partial charge on any atom is 0.248 e. The molecule has 4 heteroatoms. The number of aryl methyl sites for hydroxylation is 1. The zero-order valence-corrected chi connectivity index (χ0v) is 14.6. The molecule has 1 amide bonds. The summed E-state index contributed by atoms with van der Waals surface area (Å²) < 4.78 is 0. The third kappa shape index (κ3) is 4.59. The van der Waals surface area contributed by atoms with Crippen LogP contribution in [0.2, 0.25) is 0 Å². The van der Waals surface area contributed by atoms with E-state index in [-0.39, 0.29) is 5.75 Å². The van der Waals surface area contributed by atoms with Crippen LogP contribution in [0.15, 0.2) is 36.4 Å². The van der Waals surface area contributed by atoms with Gasteiger partial charge in [-0.2, -0.15) is 0 Å². The van der Waals surface area contributed by atoms with E-state index in [0.717, 1.165) is 35.2 Å². The molecular formula is C20H26N2O2. The van der Waals surface area contributed by atoms with Gasteiger partial charge in [-0.05, 0) is 60.7 Å². The number of phenolic OH excluding ortho intramolecular Hbond substituents is 1. The third-order valence-corrected chi connectivity index (χ3v) is 4.12. The number of benzene rings is 2. The molecule has 0 fully saturated rings. The number of primary amides is 1. The zero-order chi connectivity index (χ0) is 17.7. The van der Waals surface area contributed by atoms with Crippen LogP contribution >= 0.6 is 0 Å². The monoisotopic (exact) mass is 326 g/mol. The number of phenols is 1. The molecule has 0 aromatic heterocycles. The van der Waals surface area contributed by atoms with Crippen molar-refractivity contribution in [1.29, 1.82) is 0 Å². The topological polar surface area (TPSA) is 75.4 Å². The number of nitrogens with two attached hydrogens (primary N) is 1. The highest BCUT2D eigenvalue weighted by atomic mass is 16.3. The highest BCUT2D eigenvalue weighted by Gasteiger charge is 2.09. The van der Waals surface area contributed by atoms with Gasteiger partial charge < -0.3 is 16.2 Å². The summed E-state index contributed by atoms with van der Waals surface area (Å²) in [5.74, 6) is 0.512. The molecule has 2 aromatic rings. The molecule has 0 spiro atoms. The number of hydrogen-bond acceptors (Lipinski definition) is 3. The minimum absolute atomic E-state index is 0.280. The SMILES string of the molecule is Cc1cc(C(N)=O)ccc1-c1ccc(CNCCC(C)C)c(O)c1. The fourth-order valence-corrected chi connectivity index (χ4v) is 2.64. The van der Waals surface area contributed by atoms with E-state index in [2.05, 4.69) is 19.2 Å². The number of hydrogen-bond donors (Lipinski definition) is 3. The summed E-state index contributed by atoms with van der Waals surface area (Å²) in [6.45, 7) is 7.91. The molecule has 2 aromatic carbocycles. The van der Waals surface area contributed by atoms with Crippen molar-refractivity contribution in [2.24, 2.45) is 11.7 Å². The lowest BCUT2D eigenvalue weighted by Gasteiger charge is -2.12. The molecule has 0 saturated carbocycles. The predicted octanol–water partition coefficient (Wildman–Crippen LogP) is 3.60. The van der Waals surface area contributed by atoms with Crippen molar-refractivity contribution in [2.45, 2.75) is 33.7 Å². The molecule has 128 valence electrons. The summed E-state index contributed by atoms with van der Waals surface area (Å²) in [6, 6.07) is 11.1. The molecule has 0 bridgehead atoms. The number of rotatable bonds is 7. The molecule has 0 radical (unpaired) electrons. The second-order valence-corrected chi connectivity index (χ2v) is 6.60. The zero-order valence-electron chi connectivity index (χ0n) is 14.6. The van der Waals surface area contributed by atoms with Gasteiger partial charge in [0, 0.05) is 17.7 Å². The van der Waals surface area contributed by atoms with Crippen molar-refractivity contribution in [3.8, 4) is 16.9 Å². The first-order valence-corrected chi connectivity index (χ1v) is 8.32. The van der Waals surface area contributed by atoms with Crippen molar-refractivity contribution >= 4 is 5.91 Å². The summed E-state index contributed by atoms with van der Waals surface area (Å²) in [7, 11) is 0. The van der Waals surface area contributed by atoms with Gasteiger partial charge in [-0.25, -0.2) is 0 Å². The number of amides is 1. The van der Waals surface area contributed by atoms with Gasteiger partial charge in [0.05, 0.1) is 0 Å². The Hall–Kier alpha value is -2.33. The van der Waals surface area contributed by atoms with Crippen LogP contribution in [0.25, 0.3) is 11.1 Å². The van der Waals surface area contributed by atoms with Crippen LogP contribution in [0.3, 0.4) is 0 Å². The number of nitrogens with one attached hydrogen (secondary N) is 1. The Morgan fingerprint density at radius 2 is 1.96 bits per heavy atom. The fourth-order valence-electron chi connectivity index (χ4n) is 2.64. The first kappa shape index (κ1) is 18.0. The second-order valence-electron chi connectivity index (χ2n) is 6.60. The van der Waals surface area contributed by atoms with Crippen molar-refractivity contribution in [2.75, 3.05) is 6.54 Å². The first-order valence-electron chi connectivity index (χ1n) is 8.32. The Morgan fingerprint density at radius 1 is 1.21 bits per heavy atom. The predicted molar refractivity (Wildman–Crippen MR) is 98.0 cm³/mol. The van der Waals surface area contributed by atoms with Gasteiger partial charge in [-0.1, -0.05) is 32.0 Å². The molecule has 4 N–H and O–H groups in total. The summed E-state index contributed by atoms with van der Waals surface area (Å²) >= 11 is 0. The van der Waals surface area contributed by atoms with E-state index in [9.17, 15) is 9.90 Å². The quantitative estimate of drug-likeness (QED) is 0.680. The average molecular weight is 326 g/mol. The van der Waals surface area contributed by atoms with Crippen LogP contribution in [0, 0.1) is 12.8 Å². The smallest absolute Gasteiger partial charge is 0.248 e. The van der Waals surface area contributed by atoms with E-state index < -0.39 is 5.91 Å². The van der Waals surface area contributed by atoms with Gasteiger partial charge in [-0.15, -0.1) is 0 Å². The number of carbonyl (C=O) groups is 1. The first-order chi connectivity index (χ1) is 11.4. The van der Waals surface area contributed by atoms with Crippen LogP contribution in [-0.2, 0) is 6.54 Å². The van der Waals surface area contributed by atoms with Crippen LogP contribution in [0.5, 0.6) is 5.75 Å². The van der Waals surface area contributed by atoms with Gasteiger partial charge in [0.1, 0.15) is 5.75 Å². The molecule has 2 rings (SSSR count). The Morgan fingerprint density at radius 3 is 2.54 bits per heavy atom. The van der Waals surface area contributed by atoms with Crippen molar-refractivity contribution in [3.63, 3.8) is 0 Å². The minimum atomic E-state index is -0.435. The highest BCUT2D eigenvalue weighted by molar-refractivity contribution is 5.93.